The lowest BCUT2D eigenvalue weighted by Gasteiger charge is -2.55. The Bertz CT molecular complexity index is 1110. The van der Waals surface area contributed by atoms with Gasteiger partial charge in [0, 0.05) is 31.9 Å². The second kappa shape index (κ2) is 12.7. The molecule has 0 unspecified atom stereocenters. The van der Waals surface area contributed by atoms with E-state index < -0.39 is 29.2 Å². The Morgan fingerprint density at radius 3 is 2.74 bits per heavy atom. The number of rotatable bonds is 12. The van der Waals surface area contributed by atoms with Crippen molar-refractivity contribution in [3.05, 3.63) is 53.8 Å². The molecule has 1 saturated carbocycles. The summed E-state index contributed by atoms with van der Waals surface area (Å²) in [6.07, 6.45) is 2.15. The monoisotopic (exact) mass is 544 g/mol. The molecular weight excluding hydrogens is 503 g/mol. The average molecular weight is 545 g/mol. The van der Waals surface area contributed by atoms with Crippen LogP contribution < -0.4 is 10.5 Å². The number of hydrogen-bond acceptors (Lipinski definition) is 7. The molecule has 8 nitrogen and oxygen atoms in total. The summed E-state index contributed by atoms with van der Waals surface area (Å²) in [5.41, 5.74) is 4.39. The number of morpholine rings is 1. The first-order valence-corrected chi connectivity index (χ1v) is 13.8. The summed E-state index contributed by atoms with van der Waals surface area (Å²) in [6.45, 7) is 3.51. The van der Waals surface area contributed by atoms with Crippen LogP contribution in [0.5, 0.6) is 5.75 Å². The van der Waals surface area contributed by atoms with Gasteiger partial charge < -0.3 is 35.1 Å². The number of benzene rings is 2. The van der Waals surface area contributed by atoms with Crippen molar-refractivity contribution in [2.45, 2.75) is 62.4 Å². The third-order valence-corrected chi connectivity index (χ3v) is 8.29. The van der Waals surface area contributed by atoms with Crippen LogP contribution in [0.3, 0.4) is 0 Å². The lowest BCUT2D eigenvalue weighted by atomic mass is 9.65. The molecule has 2 fully saturated rings. The van der Waals surface area contributed by atoms with Gasteiger partial charge in [0.1, 0.15) is 22.8 Å². The Balaban J connectivity index is 1.92. The van der Waals surface area contributed by atoms with Crippen LogP contribution in [0.2, 0.25) is 0 Å². The molecule has 2 aromatic carbocycles. The van der Waals surface area contributed by atoms with Crippen LogP contribution in [0.4, 0.5) is 4.39 Å². The highest BCUT2D eigenvalue weighted by Gasteiger charge is 2.61. The molecular formula is C30H41FN2O6. The molecule has 1 amide bonds. The van der Waals surface area contributed by atoms with Crippen LogP contribution in [-0.4, -0.2) is 79.3 Å². The average Bonchev–Trinajstić information content (AvgIpc) is 3.29. The molecule has 0 aromatic heterocycles. The topological polar surface area (TPSA) is 114 Å². The van der Waals surface area contributed by atoms with Gasteiger partial charge in [0.05, 0.1) is 25.9 Å². The fourth-order valence-electron chi connectivity index (χ4n) is 6.40. The number of aliphatic hydroxyl groups excluding tert-OH is 1. The van der Waals surface area contributed by atoms with Gasteiger partial charge in [-0.25, -0.2) is 4.39 Å². The summed E-state index contributed by atoms with van der Waals surface area (Å²) in [6, 6.07) is 11.4. The van der Waals surface area contributed by atoms with Crippen LogP contribution in [0.25, 0.3) is 11.1 Å². The second-order valence-electron chi connectivity index (χ2n) is 10.6. The molecule has 0 bridgehead atoms. The highest BCUT2D eigenvalue weighted by molar-refractivity contribution is 5.71. The molecule has 4 rings (SSSR count). The third-order valence-electron chi connectivity index (χ3n) is 8.29. The minimum absolute atomic E-state index is 0.0936. The van der Waals surface area contributed by atoms with E-state index in [2.05, 4.69) is 0 Å². The van der Waals surface area contributed by atoms with Crippen LogP contribution in [0.1, 0.15) is 44.6 Å². The number of carbonyl (C=O) groups excluding carboxylic acids is 1. The zero-order valence-corrected chi connectivity index (χ0v) is 22.9. The molecule has 5 atom stereocenters. The van der Waals surface area contributed by atoms with Crippen molar-refractivity contribution in [3.63, 3.8) is 0 Å². The van der Waals surface area contributed by atoms with Gasteiger partial charge in [-0.05, 0) is 74.3 Å². The number of nitrogens with two attached hydrogens (primary N) is 1. The van der Waals surface area contributed by atoms with E-state index in [4.69, 9.17) is 19.9 Å². The van der Waals surface area contributed by atoms with E-state index in [0.717, 1.165) is 6.41 Å². The van der Waals surface area contributed by atoms with Crippen molar-refractivity contribution in [2.24, 2.45) is 11.7 Å². The zero-order chi connectivity index (χ0) is 28.0. The first kappa shape index (κ1) is 29.4. The van der Waals surface area contributed by atoms with E-state index in [1.807, 2.05) is 6.92 Å². The summed E-state index contributed by atoms with van der Waals surface area (Å²) in [5, 5.41) is 23.7. The van der Waals surface area contributed by atoms with Gasteiger partial charge in [-0.2, -0.15) is 0 Å². The van der Waals surface area contributed by atoms with E-state index in [-0.39, 0.29) is 31.1 Å². The third kappa shape index (κ3) is 5.83. The lowest BCUT2D eigenvalue weighted by molar-refractivity contribution is -0.246. The molecule has 1 saturated heterocycles. The van der Waals surface area contributed by atoms with Crippen molar-refractivity contribution in [1.29, 1.82) is 0 Å². The van der Waals surface area contributed by atoms with Crippen LogP contribution >= 0.6 is 0 Å². The smallest absolute Gasteiger partial charge is 0.209 e. The lowest BCUT2D eigenvalue weighted by Crippen LogP contribution is -2.66. The van der Waals surface area contributed by atoms with Crippen LogP contribution in [0.15, 0.2) is 42.5 Å². The van der Waals surface area contributed by atoms with Crippen LogP contribution in [-0.2, 0) is 19.9 Å². The fraction of sp³-hybridized carbons (Fsp3) is 0.567. The highest BCUT2D eigenvalue weighted by Crippen LogP contribution is 2.53. The Morgan fingerprint density at radius 1 is 1.26 bits per heavy atom. The van der Waals surface area contributed by atoms with Crippen molar-refractivity contribution < 1.29 is 33.6 Å². The maximum absolute atomic E-state index is 15.8. The zero-order valence-electron chi connectivity index (χ0n) is 22.9. The van der Waals surface area contributed by atoms with E-state index in [9.17, 15) is 15.0 Å². The largest absolute Gasteiger partial charge is 0.494 e. The summed E-state index contributed by atoms with van der Waals surface area (Å²) in [4.78, 5) is 13.6. The molecule has 214 valence electrons. The second-order valence-corrected chi connectivity index (χ2v) is 10.6. The first-order chi connectivity index (χ1) is 18.8. The van der Waals surface area contributed by atoms with E-state index in [0.29, 0.717) is 62.3 Å². The molecule has 39 heavy (non-hydrogen) atoms. The van der Waals surface area contributed by atoms with Gasteiger partial charge >= 0.3 is 0 Å². The predicted octanol–water partition coefficient (Wildman–Crippen LogP) is 3.22. The number of aliphatic hydroxyl groups is 2. The summed E-state index contributed by atoms with van der Waals surface area (Å²) in [5.74, 6) is -0.269. The number of hydrogen-bond donors (Lipinski definition) is 3. The van der Waals surface area contributed by atoms with Gasteiger partial charge in [-0.1, -0.05) is 24.3 Å². The molecule has 0 spiro atoms. The van der Waals surface area contributed by atoms with Gasteiger partial charge in [0.25, 0.3) is 0 Å². The summed E-state index contributed by atoms with van der Waals surface area (Å²) < 4.78 is 33.3. The normalized spacial score (nSPS) is 26.8. The Morgan fingerprint density at radius 2 is 2.05 bits per heavy atom. The maximum Gasteiger partial charge on any atom is 0.209 e. The number of unbranched alkanes of at least 4 members (excludes halogenated alkanes) is 1. The van der Waals surface area contributed by atoms with Crippen molar-refractivity contribution in [1.82, 2.24) is 4.90 Å². The molecule has 2 aliphatic rings. The standard InChI is InChI=1S/C30H41FN2O6/c1-3-38-23-9-6-8-21(16-23)28-24(10-7-11-25(28)31)29(36,12-4-5-14-37-2)30(19-33(20-34)13-15-39-30)22-17-26(32)27(35)18-22/h6-11,16,20,22,26-27,35-36H,3-5,12-15,17-19,32H2,1-2H3/t22-,26+,27-,29+,30-/m0/s1. The van der Waals surface area contributed by atoms with E-state index >= 15 is 4.39 Å². The number of halogens is 1. The molecule has 4 N–H and O–H groups in total. The maximum atomic E-state index is 15.8. The molecule has 1 heterocycles. The molecule has 2 aromatic rings. The van der Waals surface area contributed by atoms with E-state index in [1.165, 1.54) is 6.07 Å². The number of ether oxygens (including phenoxy) is 3. The number of methoxy groups -OCH3 is 1. The van der Waals surface area contributed by atoms with Crippen molar-refractivity contribution in [2.75, 3.05) is 40.0 Å². The van der Waals surface area contributed by atoms with E-state index in [1.54, 1.807) is 48.4 Å². The van der Waals surface area contributed by atoms with Gasteiger partial charge in [-0.15, -0.1) is 0 Å². The molecule has 9 heteroatoms. The Hall–Kier alpha value is -2.56. The summed E-state index contributed by atoms with van der Waals surface area (Å²) >= 11 is 0. The van der Waals surface area contributed by atoms with Gasteiger partial charge in [-0.3, -0.25) is 4.79 Å². The van der Waals surface area contributed by atoms with Gasteiger partial charge in [0.15, 0.2) is 0 Å². The van der Waals surface area contributed by atoms with Crippen molar-refractivity contribution in [3.8, 4) is 16.9 Å². The quantitative estimate of drug-likeness (QED) is 0.278. The minimum atomic E-state index is -1.73. The highest BCUT2D eigenvalue weighted by atomic mass is 19.1. The SMILES string of the molecule is CCOc1cccc(-c2c(F)cccc2[C@](O)(CCCCOC)[C@@]2([C@H]3C[C@@H](N)[C@@H](O)C3)CN(C=O)CCO2)c1. The fourth-order valence-corrected chi connectivity index (χ4v) is 6.40. The number of carbonyl (C=O) groups is 1. The summed E-state index contributed by atoms with van der Waals surface area (Å²) in [7, 11) is 1.62. The molecule has 0 radical (unpaired) electrons. The van der Waals surface area contributed by atoms with Crippen LogP contribution in [0, 0.1) is 11.7 Å². The van der Waals surface area contributed by atoms with Crippen molar-refractivity contribution >= 4 is 6.41 Å². The Labute approximate surface area is 229 Å². The minimum Gasteiger partial charge on any atom is -0.494 e. The molecule has 1 aliphatic heterocycles. The predicted molar refractivity (Wildman–Crippen MR) is 146 cm³/mol. The van der Waals surface area contributed by atoms with Gasteiger partial charge in [0.2, 0.25) is 6.41 Å². The molecule has 1 aliphatic carbocycles. The number of nitrogens with zero attached hydrogens (tertiary/aromatic N) is 1. The Kier molecular flexibility index (Phi) is 9.61. The first-order valence-electron chi connectivity index (χ1n) is 13.8. The number of amides is 1.